The van der Waals surface area contributed by atoms with Crippen molar-refractivity contribution in [3.63, 3.8) is 0 Å². The second kappa shape index (κ2) is 10.2. The Morgan fingerprint density at radius 3 is 2.33 bits per heavy atom. The van der Waals surface area contributed by atoms with Gasteiger partial charge >= 0.3 is 0 Å². The third-order valence-electron chi connectivity index (χ3n) is 9.11. The van der Waals surface area contributed by atoms with Crippen LogP contribution in [0.4, 0.5) is 11.5 Å². The molecule has 1 aromatic heterocycles. The van der Waals surface area contributed by atoms with Crippen LogP contribution in [0.3, 0.4) is 0 Å². The zero-order chi connectivity index (χ0) is 30.1. The first-order valence-corrected chi connectivity index (χ1v) is 16.2. The lowest BCUT2D eigenvalue weighted by Gasteiger charge is -2.35. The fraction of sp³-hybridized carbons (Fsp3) is 0.484. The zero-order valence-corrected chi connectivity index (χ0v) is 25.6. The number of methoxy groups -OCH3 is 2. The summed E-state index contributed by atoms with van der Waals surface area (Å²) in [5.41, 5.74) is 4.33. The predicted octanol–water partition coefficient (Wildman–Crippen LogP) is 4.45. The Hall–Kier alpha value is -3.77. The van der Waals surface area contributed by atoms with Crippen molar-refractivity contribution in [2.24, 2.45) is 0 Å². The van der Waals surface area contributed by atoms with Gasteiger partial charge in [0.05, 0.1) is 26.4 Å². The van der Waals surface area contributed by atoms with Gasteiger partial charge < -0.3 is 28.5 Å². The normalized spacial score (nSPS) is 22.0. The van der Waals surface area contributed by atoms with Crippen molar-refractivity contribution in [1.29, 1.82) is 0 Å². The van der Waals surface area contributed by atoms with Crippen molar-refractivity contribution in [2.75, 3.05) is 50.0 Å². The van der Waals surface area contributed by atoms with E-state index in [9.17, 15) is 13.2 Å². The first kappa shape index (κ1) is 28.0. The van der Waals surface area contributed by atoms with Gasteiger partial charge in [0, 0.05) is 55.4 Å². The smallest absolute Gasteiger partial charge is 0.270 e. The number of nitrogens with zero attached hydrogens (tertiary/aromatic N) is 3. The van der Waals surface area contributed by atoms with Crippen LogP contribution in [0.15, 0.2) is 39.8 Å². The molecule has 43 heavy (non-hydrogen) atoms. The van der Waals surface area contributed by atoms with E-state index < -0.39 is 10.0 Å². The molecule has 0 bridgehead atoms. The molecule has 2 aliphatic heterocycles. The van der Waals surface area contributed by atoms with Crippen LogP contribution in [-0.4, -0.2) is 77.0 Å². The molecule has 2 atom stereocenters. The minimum atomic E-state index is -4.27. The maximum atomic E-state index is 14.0. The number of anilines is 2. The average Bonchev–Trinajstić information content (AvgIpc) is 3.62. The molecule has 7 rings (SSSR count). The van der Waals surface area contributed by atoms with Gasteiger partial charge in [0.1, 0.15) is 11.5 Å². The number of sulfonamides is 1. The van der Waals surface area contributed by atoms with Crippen molar-refractivity contribution in [1.82, 2.24) is 10.1 Å². The topological polar surface area (TPSA) is 123 Å². The average molecular weight is 611 g/mol. The van der Waals surface area contributed by atoms with E-state index in [0.29, 0.717) is 25.3 Å². The zero-order valence-electron chi connectivity index (χ0n) is 24.8. The van der Waals surface area contributed by atoms with Gasteiger partial charge in [-0.05, 0) is 69.4 Å². The molecule has 0 radical (unpaired) electrons. The van der Waals surface area contributed by atoms with Crippen LogP contribution in [0.1, 0.15) is 56.0 Å². The molecule has 230 valence electrons. The highest BCUT2D eigenvalue weighted by molar-refractivity contribution is 7.93. The quantitative estimate of drug-likeness (QED) is 0.413. The highest BCUT2D eigenvalue weighted by Gasteiger charge is 2.51. The molecule has 2 aliphatic carbocycles. The third kappa shape index (κ3) is 4.71. The number of ether oxygens (including phenoxy) is 3. The lowest BCUT2D eigenvalue weighted by Crippen LogP contribution is -2.48. The molecular weight excluding hydrogens is 572 g/mol. The first-order chi connectivity index (χ1) is 20.6. The first-order valence-electron chi connectivity index (χ1n) is 14.7. The lowest BCUT2D eigenvalue weighted by atomic mass is 9.79. The molecule has 12 heteroatoms. The van der Waals surface area contributed by atoms with Gasteiger partial charge in [-0.15, -0.1) is 0 Å². The van der Waals surface area contributed by atoms with Gasteiger partial charge in [0.15, 0.2) is 16.5 Å². The molecule has 1 spiro atoms. The van der Waals surface area contributed by atoms with Crippen molar-refractivity contribution >= 4 is 27.4 Å². The summed E-state index contributed by atoms with van der Waals surface area (Å²) >= 11 is 0. The molecule has 1 saturated carbocycles. The Bertz CT molecular complexity index is 1680. The number of carbonyl (C=O) groups is 1. The molecule has 1 amide bonds. The van der Waals surface area contributed by atoms with Gasteiger partial charge in [0.2, 0.25) is 0 Å². The van der Waals surface area contributed by atoms with Gasteiger partial charge in [0.25, 0.3) is 15.9 Å². The number of aromatic nitrogens is 1. The van der Waals surface area contributed by atoms with Gasteiger partial charge in [-0.1, -0.05) is 11.2 Å². The number of rotatable bonds is 7. The van der Waals surface area contributed by atoms with Crippen LogP contribution >= 0.6 is 0 Å². The number of morpholine rings is 1. The van der Waals surface area contributed by atoms with E-state index in [4.69, 9.17) is 18.7 Å². The lowest BCUT2D eigenvalue weighted by molar-refractivity contribution is -0.0586. The van der Waals surface area contributed by atoms with E-state index in [2.05, 4.69) is 33.0 Å². The minimum Gasteiger partial charge on any atom is -0.495 e. The van der Waals surface area contributed by atoms with Crippen LogP contribution in [-0.2, 0) is 26.6 Å². The van der Waals surface area contributed by atoms with Crippen molar-refractivity contribution in [3.05, 3.63) is 47.0 Å². The van der Waals surface area contributed by atoms with E-state index >= 15 is 0 Å². The highest BCUT2D eigenvalue weighted by atomic mass is 32.2. The van der Waals surface area contributed by atoms with Crippen LogP contribution in [0.5, 0.6) is 11.5 Å². The number of nitrogens with one attached hydrogen (secondary N) is 1. The summed E-state index contributed by atoms with van der Waals surface area (Å²) in [4.78, 5) is 17.2. The molecule has 4 aliphatic rings. The Balaban J connectivity index is 0.00000343. The molecule has 11 nitrogen and oxygen atoms in total. The Labute approximate surface area is 252 Å². The summed E-state index contributed by atoms with van der Waals surface area (Å²) in [5, 5.41) is 4.21. The Morgan fingerprint density at radius 1 is 1.07 bits per heavy atom. The maximum absolute atomic E-state index is 14.0. The minimum absolute atomic E-state index is 0. The van der Waals surface area contributed by atoms with Gasteiger partial charge in [-0.25, -0.2) is 8.42 Å². The summed E-state index contributed by atoms with van der Waals surface area (Å²) < 4.78 is 53.2. The number of amides is 1. The molecule has 2 aromatic carbocycles. The maximum Gasteiger partial charge on any atom is 0.270 e. The van der Waals surface area contributed by atoms with E-state index in [0.717, 1.165) is 42.7 Å². The van der Waals surface area contributed by atoms with Gasteiger partial charge in [-0.2, -0.15) is 0 Å². The second-order valence-corrected chi connectivity index (χ2v) is 13.8. The molecule has 2 saturated heterocycles. The van der Waals surface area contributed by atoms with Gasteiger partial charge in [-0.3, -0.25) is 9.52 Å². The van der Waals surface area contributed by atoms with E-state index in [1.165, 1.54) is 38.3 Å². The fourth-order valence-electron chi connectivity index (χ4n) is 6.72. The molecule has 3 heterocycles. The molecule has 1 N–H and O–H groups in total. The molecule has 0 unspecified atom stereocenters. The summed E-state index contributed by atoms with van der Waals surface area (Å²) in [5.74, 6) is 0.477. The monoisotopic (exact) mass is 610 g/mol. The van der Waals surface area contributed by atoms with Crippen molar-refractivity contribution < 1.29 is 33.4 Å². The standard InChI is InChI=1S/C31H36N4O7S.H2/c1-18-16-35(17-19(2)41-18)30(36)20-12-25(39-3)28(26(13-20)40-4)43(37,38)33-29-23-15-31(8-9-31)24-7-6-21(34-10-5-11-34)14-22(24)27(23)42-32-29;/h6-7,12-14,18-19H,5,8-11,15-17H2,1-4H3,(H,32,33);1H/t18-,19-;/m1./s1. The van der Waals surface area contributed by atoms with Crippen LogP contribution in [0.2, 0.25) is 0 Å². The molecular formula is C31H38N4O7S. The van der Waals surface area contributed by atoms with Crippen molar-refractivity contribution in [2.45, 2.75) is 62.0 Å². The summed E-state index contributed by atoms with van der Waals surface area (Å²) in [6.45, 7) is 6.73. The van der Waals surface area contributed by atoms with E-state index in [1.54, 1.807) is 4.90 Å². The SMILES string of the molecule is COc1cc(C(=O)N2C[C@@H](C)O[C@H](C)C2)cc(OC)c1S(=O)(=O)Nc1noc2c1CC1(CC1)c1ccc(N3CCC3)cc1-2.[HH]. The van der Waals surface area contributed by atoms with Crippen LogP contribution < -0.4 is 19.1 Å². The van der Waals surface area contributed by atoms with E-state index in [-0.39, 0.29) is 52.7 Å². The largest absolute Gasteiger partial charge is 0.495 e. The molecule has 3 fully saturated rings. The molecule has 3 aromatic rings. The third-order valence-corrected chi connectivity index (χ3v) is 10.5. The second-order valence-electron chi connectivity index (χ2n) is 12.1. The Kier molecular flexibility index (Phi) is 6.62. The summed E-state index contributed by atoms with van der Waals surface area (Å²) in [6.07, 6.45) is 3.64. The highest BCUT2D eigenvalue weighted by Crippen LogP contribution is 2.59. The number of benzene rings is 2. The van der Waals surface area contributed by atoms with E-state index in [1.807, 2.05) is 13.8 Å². The summed E-state index contributed by atoms with van der Waals surface area (Å²) in [6, 6.07) is 9.40. The number of hydrogen-bond acceptors (Lipinski definition) is 9. The van der Waals surface area contributed by atoms with Crippen molar-refractivity contribution in [3.8, 4) is 22.8 Å². The Morgan fingerprint density at radius 2 is 1.74 bits per heavy atom. The number of hydrogen-bond donors (Lipinski definition) is 1. The number of fused-ring (bicyclic) bond motifs is 4. The predicted molar refractivity (Wildman–Crippen MR) is 162 cm³/mol. The number of carbonyl (C=O) groups excluding carboxylic acids is 1. The van der Waals surface area contributed by atoms with Crippen LogP contribution in [0.25, 0.3) is 11.3 Å². The summed E-state index contributed by atoms with van der Waals surface area (Å²) in [7, 11) is -1.55. The fourth-order valence-corrected chi connectivity index (χ4v) is 8.05. The van der Waals surface area contributed by atoms with Crippen LogP contribution in [0, 0.1) is 0 Å².